The Labute approximate surface area is 94.4 Å². The molecule has 2 aliphatic rings. The van der Waals surface area contributed by atoms with Gasteiger partial charge in [-0.25, -0.2) is 0 Å². The van der Waals surface area contributed by atoms with Crippen molar-refractivity contribution >= 4 is 22.4 Å². The first-order chi connectivity index (χ1) is 7.31. The molecular weight excluding hydrogens is 206 g/mol. The zero-order chi connectivity index (χ0) is 10.3. The maximum Gasteiger partial charge on any atom is 0.139 e. The first-order valence-corrected chi connectivity index (χ1v) is 6.56. The molecule has 0 aliphatic heterocycles. The summed E-state index contributed by atoms with van der Waals surface area (Å²) >= 11 is 1.55. The largest absolute Gasteiger partial charge is 0.383 e. The molecule has 1 aromatic heterocycles. The van der Waals surface area contributed by atoms with Crippen LogP contribution in [0.15, 0.2) is 6.07 Å². The summed E-state index contributed by atoms with van der Waals surface area (Å²) in [5.74, 6) is 2.55. The molecule has 0 aromatic carbocycles. The lowest BCUT2D eigenvalue weighted by atomic mass is 10.3. The Bertz CT molecular complexity index is 327. The Morgan fingerprint density at radius 2 is 1.87 bits per heavy atom. The number of nitrogen functional groups attached to an aromatic ring is 1. The van der Waals surface area contributed by atoms with Gasteiger partial charge in [0.05, 0.1) is 0 Å². The molecule has 1 aromatic rings. The molecule has 2 N–H and O–H groups in total. The summed E-state index contributed by atoms with van der Waals surface area (Å²) in [7, 11) is 0. The van der Waals surface area contributed by atoms with Gasteiger partial charge in [-0.15, -0.1) is 0 Å². The third kappa shape index (κ3) is 2.43. The quantitative estimate of drug-likeness (QED) is 0.833. The molecular formula is C11H17N3S. The molecule has 3 rings (SSSR count). The minimum atomic E-state index is 0.673. The Morgan fingerprint density at radius 1 is 1.27 bits per heavy atom. The zero-order valence-electron chi connectivity index (χ0n) is 8.85. The van der Waals surface area contributed by atoms with Crippen molar-refractivity contribution in [1.29, 1.82) is 0 Å². The van der Waals surface area contributed by atoms with Gasteiger partial charge < -0.3 is 10.6 Å². The fourth-order valence-electron chi connectivity index (χ4n) is 1.91. The van der Waals surface area contributed by atoms with E-state index in [1.54, 1.807) is 11.5 Å². The number of aromatic nitrogens is 1. The van der Waals surface area contributed by atoms with Crippen molar-refractivity contribution in [1.82, 2.24) is 4.37 Å². The van der Waals surface area contributed by atoms with E-state index in [2.05, 4.69) is 9.27 Å². The highest BCUT2D eigenvalue weighted by molar-refractivity contribution is 7.10. The van der Waals surface area contributed by atoms with Gasteiger partial charge in [-0.05, 0) is 49.1 Å². The van der Waals surface area contributed by atoms with Gasteiger partial charge in [0.15, 0.2) is 0 Å². The molecule has 4 heteroatoms. The molecule has 2 fully saturated rings. The molecule has 1 heterocycles. The zero-order valence-corrected chi connectivity index (χ0v) is 9.67. The van der Waals surface area contributed by atoms with Crippen LogP contribution in [0.2, 0.25) is 0 Å². The summed E-state index contributed by atoms with van der Waals surface area (Å²) in [5, 5.41) is 1.27. The van der Waals surface area contributed by atoms with Gasteiger partial charge in [-0.1, -0.05) is 0 Å². The van der Waals surface area contributed by atoms with Gasteiger partial charge in [0.1, 0.15) is 10.8 Å². The second kappa shape index (κ2) is 3.67. The average molecular weight is 223 g/mol. The predicted molar refractivity (Wildman–Crippen MR) is 64.2 cm³/mol. The van der Waals surface area contributed by atoms with Crippen molar-refractivity contribution < 1.29 is 0 Å². The van der Waals surface area contributed by atoms with Crippen LogP contribution in [-0.4, -0.2) is 17.5 Å². The molecule has 0 amide bonds. The fourth-order valence-corrected chi connectivity index (χ4v) is 2.60. The Kier molecular flexibility index (Phi) is 2.31. The molecule has 0 spiro atoms. The fraction of sp³-hybridized carbons (Fsp3) is 0.727. The van der Waals surface area contributed by atoms with Crippen LogP contribution in [0.1, 0.15) is 25.7 Å². The monoisotopic (exact) mass is 223 g/mol. The third-order valence-electron chi connectivity index (χ3n) is 3.18. The van der Waals surface area contributed by atoms with E-state index in [1.807, 2.05) is 6.07 Å². The summed E-state index contributed by atoms with van der Waals surface area (Å²) < 4.78 is 4.17. The smallest absolute Gasteiger partial charge is 0.139 e. The van der Waals surface area contributed by atoms with Crippen molar-refractivity contribution in [2.45, 2.75) is 25.7 Å². The summed E-state index contributed by atoms with van der Waals surface area (Å²) in [6.07, 6.45) is 5.65. The van der Waals surface area contributed by atoms with Crippen molar-refractivity contribution in [3.8, 4) is 0 Å². The lowest BCUT2D eigenvalue weighted by molar-refractivity contribution is 0.684. The van der Waals surface area contributed by atoms with Gasteiger partial charge in [0.25, 0.3) is 0 Å². The van der Waals surface area contributed by atoms with Crippen molar-refractivity contribution in [2.75, 3.05) is 23.7 Å². The normalized spacial score (nSPS) is 20.5. The van der Waals surface area contributed by atoms with Crippen LogP contribution in [0, 0.1) is 11.8 Å². The number of hydrogen-bond donors (Lipinski definition) is 1. The van der Waals surface area contributed by atoms with E-state index in [0.29, 0.717) is 5.82 Å². The second-order valence-electron chi connectivity index (χ2n) is 4.88. The van der Waals surface area contributed by atoms with Crippen LogP contribution in [0.4, 0.5) is 10.8 Å². The number of nitrogens with zero attached hydrogens (tertiary/aromatic N) is 2. The lowest BCUT2D eigenvalue weighted by Gasteiger charge is -2.22. The third-order valence-corrected chi connectivity index (χ3v) is 4.04. The first kappa shape index (κ1) is 9.46. The minimum absolute atomic E-state index is 0.673. The van der Waals surface area contributed by atoms with Crippen LogP contribution < -0.4 is 10.6 Å². The predicted octanol–water partition coefficient (Wildman–Crippen LogP) is 2.35. The number of rotatable bonds is 5. The van der Waals surface area contributed by atoms with Gasteiger partial charge in [-0.2, -0.15) is 4.37 Å². The molecule has 0 atom stereocenters. The van der Waals surface area contributed by atoms with E-state index in [4.69, 9.17) is 5.73 Å². The van der Waals surface area contributed by atoms with Crippen molar-refractivity contribution in [3.63, 3.8) is 0 Å². The average Bonchev–Trinajstić information content (AvgIpc) is 3.11. The van der Waals surface area contributed by atoms with E-state index < -0.39 is 0 Å². The van der Waals surface area contributed by atoms with E-state index in [-0.39, 0.29) is 0 Å². The molecule has 82 valence electrons. The Morgan fingerprint density at radius 3 is 2.27 bits per heavy atom. The number of nitrogens with two attached hydrogens (primary N) is 1. The molecule has 0 unspecified atom stereocenters. The van der Waals surface area contributed by atoms with Crippen LogP contribution in [-0.2, 0) is 0 Å². The molecule has 3 nitrogen and oxygen atoms in total. The SMILES string of the molecule is Nc1cc(N(CC2CC2)CC2CC2)sn1. The van der Waals surface area contributed by atoms with Crippen molar-refractivity contribution in [3.05, 3.63) is 6.07 Å². The number of anilines is 2. The van der Waals surface area contributed by atoms with Crippen LogP contribution in [0.5, 0.6) is 0 Å². The van der Waals surface area contributed by atoms with Gasteiger partial charge >= 0.3 is 0 Å². The Hall–Kier alpha value is -0.770. The van der Waals surface area contributed by atoms with Crippen molar-refractivity contribution in [2.24, 2.45) is 11.8 Å². The molecule has 2 aliphatic carbocycles. The summed E-state index contributed by atoms with van der Waals surface area (Å²) in [4.78, 5) is 2.50. The van der Waals surface area contributed by atoms with E-state index in [1.165, 1.54) is 43.8 Å². The van der Waals surface area contributed by atoms with E-state index in [0.717, 1.165) is 11.8 Å². The molecule has 0 saturated heterocycles. The van der Waals surface area contributed by atoms with Crippen LogP contribution in [0.3, 0.4) is 0 Å². The van der Waals surface area contributed by atoms with Crippen LogP contribution >= 0.6 is 11.5 Å². The van der Waals surface area contributed by atoms with Gasteiger partial charge in [0.2, 0.25) is 0 Å². The molecule has 0 radical (unpaired) electrons. The highest BCUT2D eigenvalue weighted by Crippen LogP contribution is 2.37. The molecule has 0 bridgehead atoms. The highest BCUT2D eigenvalue weighted by atomic mass is 32.1. The maximum atomic E-state index is 5.68. The number of hydrogen-bond acceptors (Lipinski definition) is 4. The van der Waals surface area contributed by atoms with Gasteiger partial charge in [-0.3, -0.25) is 0 Å². The maximum absolute atomic E-state index is 5.68. The summed E-state index contributed by atoms with van der Waals surface area (Å²) in [6, 6.07) is 2.02. The molecule has 15 heavy (non-hydrogen) atoms. The van der Waals surface area contributed by atoms with E-state index in [9.17, 15) is 0 Å². The van der Waals surface area contributed by atoms with Crippen LogP contribution in [0.25, 0.3) is 0 Å². The Balaban J connectivity index is 1.68. The first-order valence-electron chi connectivity index (χ1n) is 5.78. The summed E-state index contributed by atoms with van der Waals surface area (Å²) in [5.41, 5.74) is 5.68. The minimum Gasteiger partial charge on any atom is -0.383 e. The lowest BCUT2D eigenvalue weighted by Crippen LogP contribution is -2.27. The highest BCUT2D eigenvalue weighted by Gasteiger charge is 2.29. The van der Waals surface area contributed by atoms with E-state index >= 15 is 0 Å². The summed E-state index contributed by atoms with van der Waals surface area (Å²) in [6.45, 7) is 2.44. The second-order valence-corrected chi connectivity index (χ2v) is 5.67. The van der Waals surface area contributed by atoms with Gasteiger partial charge in [0, 0.05) is 19.2 Å². The topological polar surface area (TPSA) is 42.1 Å². The molecule has 2 saturated carbocycles. The standard InChI is InChI=1S/C11H17N3S/c12-10-5-11(15-13-10)14(6-8-1-2-8)7-9-3-4-9/h5,8-9H,1-4,6-7H2,(H2,12,13).